The quantitative estimate of drug-likeness (QED) is 0.701. The van der Waals surface area contributed by atoms with Crippen molar-refractivity contribution in [3.8, 4) is 0 Å². The molecule has 0 aliphatic rings. The zero-order valence-electron chi connectivity index (χ0n) is 10.3. The summed E-state index contributed by atoms with van der Waals surface area (Å²) < 4.78 is 4.95. The number of amides is 1. The summed E-state index contributed by atoms with van der Waals surface area (Å²) in [6, 6.07) is 3.45. The monoisotopic (exact) mass is 237 g/mol. The predicted octanol–water partition coefficient (Wildman–Crippen LogP) is 1.28. The maximum atomic E-state index is 11.6. The van der Waals surface area contributed by atoms with Crippen LogP contribution in [0.25, 0.3) is 0 Å². The Morgan fingerprint density at radius 2 is 2.35 bits per heavy atom. The fourth-order valence-corrected chi connectivity index (χ4v) is 1.36. The minimum Gasteiger partial charge on any atom is -0.385 e. The standard InChI is InChI=1S/C12H19N3O2/c1-3-13-12(16)10-5-7-15-11(9-10)14-6-4-8-17-2/h5,7,9H,3-4,6,8H2,1-2H3,(H,13,16)(H,14,15). The van der Waals surface area contributed by atoms with Crippen molar-refractivity contribution < 1.29 is 9.53 Å². The van der Waals surface area contributed by atoms with Crippen LogP contribution in [0.4, 0.5) is 5.82 Å². The Morgan fingerprint density at radius 3 is 3.06 bits per heavy atom. The summed E-state index contributed by atoms with van der Waals surface area (Å²) >= 11 is 0. The van der Waals surface area contributed by atoms with E-state index in [0.717, 1.165) is 13.0 Å². The number of rotatable bonds is 7. The molecule has 1 rings (SSSR count). The van der Waals surface area contributed by atoms with Crippen LogP contribution in [0.3, 0.4) is 0 Å². The first-order valence-electron chi connectivity index (χ1n) is 5.75. The number of aromatic nitrogens is 1. The molecule has 0 spiro atoms. The van der Waals surface area contributed by atoms with Crippen LogP contribution >= 0.6 is 0 Å². The van der Waals surface area contributed by atoms with Crippen molar-refractivity contribution in [2.45, 2.75) is 13.3 Å². The third kappa shape index (κ3) is 4.82. The summed E-state index contributed by atoms with van der Waals surface area (Å²) in [5, 5.41) is 5.90. The van der Waals surface area contributed by atoms with Crippen molar-refractivity contribution in [1.29, 1.82) is 0 Å². The molecule has 17 heavy (non-hydrogen) atoms. The molecule has 0 saturated heterocycles. The van der Waals surface area contributed by atoms with E-state index in [2.05, 4.69) is 15.6 Å². The van der Waals surface area contributed by atoms with Gasteiger partial charge in [-0.1, -0.05) is 0 Å². The second kappa shape index (κ2) is 7.62. The van der Waals surface area contributed by atoms with Crippen molar-refractivity contribution in [3.63, 3.8) is 0 Å². The second-order valence-electron chi connectivity index (χ2n) is 3.56. The zero-order chi connectivity index (χ0) is 12.5. The Morgan fingerprint density at radius 1 is 1.53 bits per heavy atom. The molecule has 0 saturated carbocycles. The lowest BCUT2D eigenvalue weighted by Gasteiger charge is -2.07. The number of nitrogens with one attached hydrogen (secondary N) is 2. The van der Waals surface area contributed by atoms with Crippen LogP contribution in [-0.4, -0.2) is 37.7 Å². The second-order valence-corrected chi connectivity index (χ2v) is 3.56. The summed E-state index contributed by atoms with van der Waals surface area (Å²) in [5.41, 5.74) is 0.621. The topological polar surface area (TPSA) is 63.2 Å². The molecule has 0 atom stereocenters. The van der Waals surface area contributed by atoms with E-state index in [4.69, 9.17) is 4.74 Å². The number of methoxy groups -OCH3 is 1. The van der Waals surface area contributed by atoms with E-state index in [9.17, 15) is 4.79 Å². The summed E-state index contributed by atoms with van der Waals surface area (Å²) in [4.78, 5) is 15.7. The lowest BCUT2D eigenvalue weighted by atomic mass is 10.2. The number of anilines is 1. The highest BCUT2D eigenvalue weighted by Crippen LogP contribution is 2.06. The van der Waals surface area contributed by atoms with Crippen LogP contribution in [0.15, 0.2) is 18.3 Å². The lowest BCUT2D eigenvalue weighted by Crippen LogP contribution is -2.22. The molecule has 2 N–H and O–H groups in total. The molecule has 5 nitrogen and oxygen atoms in total. The highest BCUT2D eigenvalue weighted by molar-refractivity contribution is 5.94. The number of carbonyl (C=O) groups excluding carboxylic acids is 1. The highest BCUT2D eigenvalue weighted by atomic mass is 16.5. The van der Waals surface area contributed by atoms with Crippen LogP contribution in [0.2, 0.25) is 0 Å². The number of hydrogen-bond acceptors (Lipinski definition) is 4. The fourth-order valence-electron chi connectivity index (χ4n) is 1.36. The minimum atomic E-state index is -0.0742. The number of nitrogens with zero attached hydrogens (tertiary/aromatic N) is 1. The lowest BCUT2D eigenvalue weighted by molar-refractivity contribution is 0.0956. The van der Waals surface area contributed by atoms with Gasteiger partial charge in [0.25, 0.3) is 5.91 Å². The van der Waals surface area contributed by atoms with Gasteiger partial charge in [-0.3, -0.25) is 4.79 Å². The average molecular weight is 237 g/mol. The molecule has 0 unspecified atom stereocenters. The maximum absolute atomic E-state index is 11.6. The van der Waals surface area contributed by atoms with Crippen molar-refractivity contribution in [2.75, 3.05) is 32.1 Å². The normalized spacial score (nSPS) is 10.0. The first-order valence-corrected chi connectivity index (χ1v) is 5.75. The van der Waals surface area contributed by atoms with Crippen LogP contribution in [0, 0.1) is 0 Å². The van der Waals surface area contributed by atoms with E-state index in [1.54, 1.807) is 25.4 Å². The zero-order valence-corrected chi connectivity index (χ0v) is 10.3. The van der Waals surface area contributed by atoms with E-state index >= 15 is 0 Å². The predicted molar refractivity (Wildman–Crippen MR) is 67.2 cm³/mol. The molecule has 5 heteroatoms. The third-order valence-corrected chi connectivity index (χ3v) is 2.19. The number of pyridine rings is 1. The van der Waals surface area contributed by atoms with Crippen LogP contribution in [-0.2, 0) is 4.74 Å². The molecule has 1 aromatic heterocycles. The maximum Gasteiger partial charge on any atom is 0.251 e. The molecule has 1 heterocycles. The van der Waals surface area contributed by atoms with Gasteiger partial charge in [-0.2, -0.15) is 0 Å². The minimum absolute atomic E-state index is 0.0742. The van der Waals surface area contributed by atoms with Gasteiger partial charge in [-0.15, -0.1) is 0 Å². The van der Waals surface area contributed by atoms with E-state index in [0.29, 0.717) is 24.5 Å². The third-order valence-electron chi connectivity index (χ3n) is 2.19. The summed E-state index contributed by atoms with van der Waals surface area (Å²) in [5.74, 6) is 0.639. The Bertz CT molecular complexity index is 355. The number of carbonyl (C=O) groups is 1. The van der Waals surface area contributed by atoms with Crippen LogP contribution in [0.5, 0.6) is 0 Å². The van der Waals surface area contributed by atoms with Crippen molar-refractivity contribution in [3.05, 3.63) is 23.9 Å². The van der Waals surface area contributed by atoms with Gasteiger partial charge in [0, 0.05) is 38.6 Å². The molecule has 0 radical (unpaired) electrons. The first-order chi connectivity index (χ1) is 8.27. The van der Waals surface area contributed by atoms with Crippen LogP contribution < -0.4 is 10.6 Å². The van der Waals surface area contributed by atoms with Gasteiger partial charge < -0.3 is 15.4 Å². The Kier molecular flexibility index (Phi) is 6.03. The smallest absolute Gasteiger partial charge is 0.251 e. The van der Waals surface area contributed by atoms with E-state index in [-0.39, 0.29) is 5.91 Å². The van der Waals surface area contributed by atoms with Gasteiger partial charge in [-0.25, -0.2) is 4.98 Å². The molecule has 0 bridgehead atoms. The van der Waals surface area contributed by atoms with Gasteiger partial charge in [0.1, 0.15) is 5.82 Å². The Hall–Kier alpha value is -1.62. The average Bonchev–Trinajstić information content (AvgIpc) is 2.35. The summed E-state index contributed by atoms with van der Waals surface area (Å²) in [7, 11) is 1.67. The molecule has 0 aromatic carbocycles. The Balaban J connectivity index is 2.50. The van der Waals surface area contributed by atoms with Gasteiger partial charge in [0.15, 0.2) is 0 Å². The van der Waals surface area contributed by atoms with Gasteiger partial charge in [0.05, 0.1) is 0 Å². The van der Waals surface area contributed by atoms with E-state index in [1.165, 1.54) is 0 Å². The first kappa shape index (κ1) is 13.4. The fraction of sp³-hybridized carbons (Fsp3) is 0.500. The molecule has 0 aliphatic carbocycles. The van der Waals surface area contributed by atoms with E-state index < -0.39 is 0 Å². The van der Waals surface area contributed by atoms with Crippen molar-refractivity contribution >= 4 is 11.7 Å². The number of hydrogen-bond donors (Lipinski definition) is 2. The Labute approximate surface area is 102 Å². The SMILES string of the molecule is CCNC(=O)c1ccnc(NCCCOC)c1. The van der Waals surface area contributed by atoms with Crippen molar-refractivity contribution in [2.24, 2.45) is 0 Å². The molecule has 1 aromatic rings. The van der Waals surface area contributed by atoms with Gasteiger partial charge >= 0.3 is 0 Å². The molecule has 1 amide bonds. The highest BCUT2D eigenvalue weighted by Gasteiger charge is 2.04. The molecule has 0 aliphatic heterocycles. The van der Waals surface area contributed by atoms with Crippen molar-refractivity contribution in [1.82, 2.24) is 10.3 Å². The largest absolute Gasteiger partial charge is 0.385 e. The molecule has 94 valence electrons. The number of ether oxygens (including phenoxy) is 1. The summed E-state index contributed by atoms with van der Waals surface area (Å²) in [6.45, 7) is 4.00. The molecule has 0 fully saturated rings. The van der Waals surface area contributed by atoms with Gasteiger partial charge in [0.2, 0.25) is 0 Å². The van der Waals surface area contributed by atoms with E-state index in [1.807, 2.05) is 6.92 Å². The molecular formula is C12H19N3O2. The molecular weight excluding hydrogens is 218 g/mol. The summed E-state index contributed by atoms with van der Waals surface area (Å²) in [6.07, 6.45) is 2.53. The van der Waals surface area contributed by atoms with Crippen LogP contribution in [0.1, 0.15) is 23.7 Å². The van der Waals surface area contributed by atoms with Gasteiger partial charge in [-0.05, 0) is 25.5 Å².